The summed E-state index contributed by atoms with van der Waals surface area (Å²) in [5.41, 5.74) is 8.17. The minimum Gasteiger partial charge on any atom is -0.388 e. The molecule has 0 saturated carbocycles. The van der Waals surface area contributed by atoms with Crippen LogP contribution in [0.3, 0.4) is 0 Å². The monoisotopic (exact) mass is 422 g/mol. The largest absolute Gasteiger partial charge is 0.388 e. The van der Waals surface area contributed by atoms with Gasteiger partial charge >= 0.3 is 0 Å². The fourth-order valence-electron chi connectivity index (χ4n) is 3.77. The van der Waals surface area contributed by atoms with E-state index in [0.717, 1.165) is 24.0 Å². The first-order valence-electron chi connectivity index (χ1n) is 9.50. The number of aliphatic hydroxyl groups is 1. The van der Waals surface area contributed by atoms with Gasteiger partial charge < -0.3 is 15.7 Å². The van der Waals surface area contributed by atoms with E-state index in [-0.39, 0.29) is 36.2 Å². The molecule has 3 rings (SSSR count). The molecule has 0 radical (unpaired) electrons. The van der Waals surface area contributed by atoms with Crippen LogP contribution in [0, 0.1) is 11.8 Å². The first-order valence-corrected chi connectivity index (χ1v) is 9.88. The van der Waals surface area contributed by atoms with Crippen LogP contribution in [0.5, 0.6) is 0 Å². The molecule has 4 nitrogen and oxygen atoms in total. The minimum absolute atomic E-state index is 0. The second-order valence-electron chi connectivity index (χ2n) is 7.38. The van der Waals surface area contributed by atoms with Crippen molar-refractivity contribution in [3.63, 3.8) is 0 Å². The molecule has 28 heavy (non-hydrogen) atoms. The van der Waals surface area contributed by atoms with Gasteiger partial charge in [0.15, 0.2) is 0 Å². The van der Waals surface area contributed by atoms with Crippen LogP contribution in [0.4, 0.5) is 0 Å². The third-order valence-electron chi connectivity index (χ3n) is 5.62. The van der Waals surface area contributed by atoms with E-state index in [9.17, 15) is 9.90 Å². The summed E-state index contributed by atoms with van der Waals surface area (Å²) in [6.07, 6.45) is 1.04. The van der Waals surface area contributed by atoms with Crippen LogP contribution in [0.15, 0.2) is 54.6 Å². The van der Waals surface area contributed by atoms with Crippen molar-refractivity contribution < 1.29 is 9.90 Å². The number of carbonyl (C=O) groups is 1. The number of likely N-dealkylation sites (tertiary alicyclic amines) is 1. The summed E-state index contributed by atoms with van der Waals surface area (Å²) in [6, 6.07) is 16.8. The maximum atomic E-state index is 12.9. The van der Waals surface area contributed by atoms with Crippen molar-refractivity contribution in [1.82, 2.24) is 4.90 Å². The molecule has 1 aliphatic heterocycles. The lowest BCUT2D eigenvalue weighted by atomic mass is 9.86. The van der Waals surface area contributed by atoms with Gasteiger partial charge in [-0.1, -0.05) is 61.0 Å². The summed E-state index contributed by atoms with van der Waals surface area (Å²) in [6.45, 7) is 3.20. The van der Waals surface area contributed by atoms with Gasteiger partial charge in [-0.05, 0) is 42.0 Å². The second-order valence-corrected chi connectivity index (χ2v) is 7.82. The number of amides is 1. The summed E-state index contributed by atoms with van der Waals surface area (Å²) >= 11 is 5.92. The Morgan fingerprint density at radius 3 is 2.21 bits per heavy atom. The molecule has 6 heteroatoms. The maximum absolute atomic E-state index is 12.9. The van der Waals surface area contributed by atoms with Gasteiger partial charge in [-0.25, -0.2) is 0 Å². The quantitative estimate of drug-likeness (QED) is 0.751. The first-order chi connectivity index (χ1) is 13.0. The Kier molecular flexibility index (Phi) is 8.32. The maximum Gasteiger partial charge on any atom is 0.227 e. The topological polar surface area (TPSA) is 66.6 Å². The van der Waals surface area contributed by atoms with Crippen molar-refractivity contribution in [2.75, 3.05) is 13.1 Å². The Labute approximate surface area is 178 Å². The Bertz CT molecular complexity index is 747. The average molecular weight is 423 g/mol. The summed E-state index contributed by atoms with van der Waals surface area (Å²) in [5, 5.41) is 11.3. The van der Waals surface area contributed by atoms with E-state index in [4.69, 9.17) is 17.3 Å². The molecule has 1 saturated heterocycles. The van der Waals surface area contributed by atoms with E-state index < -0.39 is 6.10 Å². The first kappa shape index (κ1) is 22.7. The molecule has 1 fully saturated rings. The van der Waals surface area contributed by atoms with Crippen LogP contribution in [0.25, 0.3) is 0 Å². The number of nitrogens with zero attached hydrogens (tertiary/aromatic N) is 1. The van der Waals surface area contributed by atoms with Crippen molar-refractivity contribution in [1.29, 1.82) is 0 Å². The van der Waals surface area contributed by atoms with Gasteiger partial charge in [0.1, 0.15) is 0 Å². The Balaban J connectivity index is 0.00000280. The van der Waals surface area contributed by atoms with E-state index in [2.05, 4.69) is 0 Å². The number of carbonyl (C=O) groups excluding carboxylic acids is 1. The van der Waals surface area contributed by atoms with E-state index in [1.165, 1.54) is 0 Å². The highest BCUT2D eigenvalue weighted by Gasteiger charge is 2.32. The highest BCUT2D eigenvalue weighted by atomic mass is 35.5. The number of aliphatic hydroxyl groups excluding tert-OH is 1. The molecule has 3 atom stereocenters. The van der Waals surface area contributed by atoms with Crippen LogP contribution in [-0.4, -0.2) is 29.0 Å². The normalized spacial score (nSPS) is 18.1. The van der Waals surface area contributed by atoms with Gasteiger partial charge in [0.2, 0.25) is 5.91 Å². The highest BCUT2D eigenvalue weighted by molar-refractivity contribution is 6.30. The molecule has 0 bridgehead atoms. The number of nitrogens with two attached hydrogens (primary N) is 1. The molecule has 2 aromatic carbocycles. The molecule has 3 N–H and O–H groups in total. The lowest BCUT2D eigenvalue weighted by Crippen LogP contribution is -2.44. The zero-order valence-electron chi connectivity index (χ0n) is 16.0. The molecular formula is C22H28Cl2N2O2. The fourth-order valence-corrected chi connectivity index (χ4v) is 3.90. The zero-order valence-corrected chi connectivity index (χ0v) is 17.6. The van der Waals surface area contributed by atoms with E-state index >= 15 is 0 Å². The molecule has 1 amide bonds. The second kappa shape index (κ2) is 10.3. The Hall–Kier alpha value is -1.59. The number of hydrogen-bond donors (Lipinski definition) is 2. The fraction of sp³-hybridized carbons (Fsp3) is 0.409. The van der Waals surface area contributed by atoms with Crippen molar-refractivity contribution >= 4 is 29.9 Å². The van der Waals surface area contributed by atoms with Gasteiger partial charge in [-0.2, -0.15) is 0 Å². The third kappa shape index (κ3) is 5.26. The van der Waals surface area contributed by atoms with Crippen LogP contribution < -0.4 is 5.73 Å². The molecule has 0 aliphatic carbocycles. The van der Waals surface area contributed by atoms with Crippen LogP contribution >= 0.6 is 24.0 Å². The van der Waals surface area contributed by atoms with Gasteiger partial charge in [-0.15, -0.1) is 12.4 Å². The van der Waals surface area contributed by atoms with E-state index in [1.54, 1.807) is 12.1 Å². The predicted octanol–water partition coefficient (Wildman–Crippen LogP) is 4.37. The number of benzene rings is 2. The number of hydrogen-bond acceptors (Lipinski definition) is 3. The number of halogens is 2. The highest BCUT2D eigenvalue weighted by Crippen LogP contribution is 2.32. The predicted molar refractivity (Wildman–Crippen MR) is 115 cm³/mol. The van der Waals surface area contributed by atoms with Gasteiger partial charge in [0.05, 0.1) is 12.0 Å². The molecule has 152 valence electrons. The molecule has 0 spiro atoms. The van der Waals surface area contributed by atoms with Gasteiger partial charge in [-0.3, -0.25) is 4.79 Å². The van der Waals surface area contributed by atoms with Gasteiger partial charge in [0, 0.05) is 24.2 Å². The van der Waals surface area contributed by atoms with E-state index in [0.29, 0.717) is 18.1 Å². The molecule has 0 aromatic heterocycles. The van der Waals surface area contributed by atoms with Gasteiger partial charge in [0.25, 0.3) is 0 Å². The lowest BCUT2D eigenvalue weighted by Gasteiger charge is -2.36. The smallest absolute Gasteiger partial charge is 0.227 e. The Morgan fingerprint density at radius 2 is 1.64 bits per heavy atom. The van der Waals surface area contributed by atoms with Crippen molar-refractivity contribution in [3.8, 4) is 0 Å². The molecule has 1 aliphatic rings. The standard InChI is InChI=1S/C22H27ClN2O2.ClH/c1-15(20(24)16-5-3-2-4-6-16)22(27)25-13-11-18(12-14-25)21(26)17-7-9-19(23)10-8-17;/h2-10,15,18,20-21,26H,11-14,24H2,1H3;1H. The molecule has 2 aromatic rings. The molecule has 1 heterocycles. The summed E-state index contributed by atoms with van der Waals surface area (Å²) in [4.78, 5) is 14.8. The minimum atomic E-state index is -0.525. The van der Waals surface area contributed by atoms with Crippen LogP contribution in [0.1, 0.15) is 43.0 Å². The SMILES string of the molecule is CC(C(=O)N1CCC(C(O)c2ccc(Cl)cc2)CC1)C(N)c1ccccc1.Cl. The number of rotatable bonds is 5. The number of piperidine rings is 1. The van der Waals surface area contributed by atoms with Crippen LogP contribution in [0.2, 0.25) is 5.02 Å². The lowest BCUT2D eigenvalue weighted by molar-refractivity contribution is -0.137. The van der Waals surface area contributed by atoms with E-state index in [1.807, 2.05) is 54.3 Å². The Morgan fingerprint density at radius 1 is 1.07 bits per heavy atom. The van der Waals surface area contributed by atoms with Crippen molar-refractivity contribution in [3.05, 3.63) is 70.7 Å². The summed E-state index contributed by atoms with van der Waals surface area (Å²) in [7, 11) is 0. The van der Waals surface area contributed by atoms with Crippen molar-refractivity contribution in [2.24, 2.45) is 17.6 Å². The molecule has 3 unspecified atom stereocenters. The zero-order chi connectivity index (χ0) is 19.4. The van der Waals surface area contributed by atoms with Crippen LogP contribution in [-0.2, 0) is 4.79 Å². The third-order valence-corrected chi connectivity index (χ3v) is 5.87. The van der Waals surface area contributed by atoms with Crippen molar-refractivity contribution in [2.45, 2.75) is 31.9 Å². The summed E-state index contributed by atoms with van der Waals surface area (Å²) in [5.74, 6) is -0.0377. The summed E-state index contributed by atoms with van der Waals surface area (Å²) < 4.78 is 0. The average Bonchev–Trinajstić information content (AvgIpc) is 2.73. The molecular weight excluding hydrogens is 395 g/mol.